The molecule has 152 valence electrons. The van der Waals surface area contributed by atoms with E-state index in [-0.39, 0.29) is 29.9 Å². The van der Waals surface area contributed by atoms with E-state index in [4.69, 9.17) is 0 Å². The van der Waals surface area contributed by atoms with Crippen LogP contribution in [0.5, 0.6) is 0 Å². The van der Waals surface area contributed by atoms with Crippen molar-refractivity contribution >= 4 is 41.7 Å². The molecule has 0 radical (unpaired) electrons. The number of pyridine rings is 1. The number of benzene rings is 1. The Kier molecular flexibility index (Phi) is 10.5. The summed E-state index contributed by atoms with van der Waals surface area (Å²) >= 11 is 0. The number of nitrogens with zero attached hydrogens (tertiary/aromatic N) is 3. The summed E-state index contributed by atoms with van der Waals surface area (Å²) < 4.78 is 0. The van der Waals surface area contributed by atoms with Crippen LogP contribution in [0, 0.1) is 13.8 Å². The maximum atomic E-state index is 12.1. The van der Waals surface area contributed by atoms with Crippen LogP contribution in [0.1, 0.15) is 30.0 Å². The summed E-state index contributed by atoms with van der Waals surface area (Å²) in [5.74, 6) is 1.27. The molecular formula is C21H30IN5O. The van der Waals surface area contributed by atoms with E-state index in [2.05, 4.69) is 44.6 Å². The number of aliphatic imine (C=N–C) groups is 1. The molecule has 0 saturated carbocycles. The second-order valence-electron chi connectivity index (χ2n) is 6.54. The van der Waals surface area contributed by atoms with E-state index in [1.165, 1.54) is 11.1 Å². The molecule has 1 heterocycles. The summed E-state index contributed by atoms with van der Waals surface area (Å²) in [6, 6.07) is 12.0. The van der Waals surface area contributed by atoms with Crippen molar-refractivity contribution in [2.24, 2.45) is 4.99 Å². The van der Waals surface area contributed by atoms with Gasteiger partial charge in [-0.1, -0.05) is 30.3 Å². The van der Waals surface area contributed by atoms with E-state index in [0.717, 1.165) is 24.6 Å². The number of hydrogen-bond acceptors (Lipinski definition) is 3. The topological polar surface area (TPSA) is 69.6 Å². The molecule has 0 atom stereocenters. The molecule has 0 fully saturated rings. The number of guanidine groups is 1. The molecule has 0 bridgehead atoms. The van der Waals surface area contributed by atoms with E-state index in [0.29, 0.717) is 18.8 Å². The quantitative estimate of drug-likeness (QED) is 0.349. The zero-order valence-electron chi connectivity index (χ0n) is 17.0. The summed E-state index contributed by atoms with van der Waals surface area (Å²) in [5, 5.41) is 6.08. The molecule has 0 aliphatic rings. The predicted octanol–water partition coefficient (Wildman–Crippen LogP) is 3.74. The Hall–Kier alpha value is -2.16. The van der Waals surface area contributed by atoms with Gasteiger partial charge < -0.3 is 15.5 Å². The second kappa shape index (κ2) is 12.3. The van der Waals surface area contributed by atoms with E-state index < -0.39 is 0 Å². The first-order chi connectivity index (χ1) is 13.0. The van der Waals surface area contributed by atoms with Gasteiger partial charge >= 0.3 is 0 Å². The summed E-state index contributed by atoms with van der Waals surface area (Å²) in [6.45, 7) is 8.05. The van der Waals surface area contributed by atoms with Crippen molar-refractivity contribution in [1.82, 2.24) is 15.2 Å². The van der Waals surface area contributed by atoms with Crippen molar-refractivity contribution in [3.05, 3.63) is 59.3 Å². The van der Waals surface area contributed by atoms with Gasteiger partial charge in [-0.25, -0.2) is 4.98 Å². The normalized spacial score (nSPS) is 10.8. The number of halogens is 1. The third-order valence-electron chi connectivity index (χ3n) is 4.14. The Balaban J connectivity index is 0.00000392. The van der Waals surface area contributed by atoms with Gasteiger partial charge in [0.05, 0.1) is 6.54 Å². The third-order valence-corrected chi connectivity index (χ3v) is 4.14. The third kappa shape index (κ3) is 7.84. The summed E-state index contributed by atoms with van der Waals surface area (Å²) in [6.07, 6.45) is 2.04. The monoisotopic (exact) mass is 495 g/mol. The molecule has 0 aliphatic heterocycles. The molecule has 0 spiro atoms. The number of rotatable bonds is 7. The highest BCUT2D eigenvalue weighted by Crippen LogP contribution is 2.10. The SMILES string of the molecule is CCNC(=NCCC(=O)Nc1ccc(C)cn1)N(C)Cc1ccccc1C.I. The number of aryl methyl sites for hydroxylation is 2. The first-order valence-corrected chi connectivity index (χ1v) is 9.26. The van der Waals surface area contributed by atoms with Crippen LogP contribution in [-0.4, -0.2) is 41.9 Å². The summed E-state index contributed by atoms with van der Waals surface area (Å²) in [7, 11) is 2.00. The first kappa shape index (κ1) is 23.9. The van der Waals surface area contributed by atoms with E-state index in [1.807, 2.05) is 39.1 Å². The van der Waals surface area contributed by atoms with Crippen molar-refractivity contribution in [1.29, 1.82) is 0 Å². The number of carbonyl (C=O) groups excluding carboxylic acids is 1. The molecule has 28 heavy (non-hydrogen) atoms. The standard InChI is InChI=1S/C21H29N5O.HI/c1-5-22-21(26(4)15-18-9-7-6-8-17(18)3)23-13-12-20(27)25-19-11-10-16(2)14-24-19;/h6-11,14H,5,12-13,15H2,1-4H3,(H,22,23)(H,24,25,27);1H. The maximum Gasteiger partial charge on any atom is 0.227 e. The molecule has 0 saturated heterocycles. The fraction of sp³-hybridized carbons (Fsp3) is 0.381. The number of nitrogens with one attached hydrogen (secondary N) is 2. The van der Waals surface area contributed by atoms with E-state index in [9.17, 15) is 4.79 Å². The fourth-order valence-corrected chi connectivity index (χ4v) is 2.60. The minimum Gasteiger partial charge on any atom is -0.357 e. The molecular weight excluding hydrogens is 465 g/mol. The van der Waals surface area contributed by atoms with Crippen LogP contribution < -0.4 is 10.6 Å². The van der Waals surface area contributed by atoms with Gasteiger partial charge in [0.15, 0.2) is 5.96 Å². The highest BCUT2D eigenvalue weighted by molar-refractivity contribution is 14.0. The predicted molar refractivity (Wildman–Crippen MR) is 126 cm³/mol. The van der Waals surface area contributed by atoms with Crippen LogP contribution in [0.15, 0.2) is 47.6 Å². The van der Waals surface area contributed by atoms with Gasteiger partial charge in [0, 0.05) is 32.8 Å². The van der Waals surface area contributed by atoms with Crippen LogP contribution in [0.4, 0.5) is 5.82 Å². The maximum absolute atomic E-state index is 12.1. The zero-order valence-corrected chi connectivity index (χ0v) is 19.4. The van der Waals surface area contributed by atoms with Crippen molar-refractivity contribution in [3.63, 3.8) is 0 Å². The lowest BCUT2D eigenvalue weighted by atomic mass is 10.1. The van der Waals surface area contributed by atoms with Crippen LogP contribution in [0.25, 0.3) is 0 Å². The van der Waals surface area contributed by atoms with Gasteiger partial charge in [0.25, 0.3) is 0 Å². The lowest BCUT2D eigenvalue weighted by molar-refractivity contribution is -0.116. The van der Waals surface area contributed by atoms with Gasteiger partial charge in [-0.2, -0.15) is 0 Å². The van der Waals surface area contributed by atoms with Crippen molar-refractivity contribution < 1.29 is 4.79 Å². The van der Waals surface area contributed by atoms with Crippen molar-refractivity contribution in [2.45, 2.75) is 33.7 Å². The summed E-state index contributed by atoms with van der Waals surface area (Å²) in [4.78, 5) is 22.9. The Morgan fingerprint density at radius 2 is 1.93 bits per heavy atom. The van der Waals surface area contributed by atoms with Crippen molar-refractivity contribution in [3.8, 4) is 0 Å². The Morgan fingerprint density at radius 3 is 2.57 bits per heavy atom. The minimum absolute atomic E-state index is 0. The van der Waals surface area contributed by atoms with Gasteiger partial charge in [-0.05, 0) is 43.5 Å². The number of anilines is 1. The van der Waals surface area contributed by atoms with E-state index >= 15 is 0 Å². The average Bonchev–Trinajstić information content (AvgIpc) is 2.65. The molecule has 1 aromatic carbocycles. The van der Waals surface area contributed by atoms with Crippen LogP contribution in [0.3, 0.4) is 0 Å². The van der Waals surface area contributed by atoms with Gasteiger partial charge in [0.1, 0.15) is 5.82 Å². The molecule has 2 aromatic rings. The average molecular weight is 495 g/mol. The number of carbonyl (C=O) groups is 1. The van der Waals surface area contributed by atoms with Gasteiger partial charge in [-0.3, -0.25) is 9.79 Å². The number of amides is 1. The Bertz CT molecular complexity index is 777. The molecule has 6 nitrogen and oxygen atoms in total. The fourth-order valence-electron chi connectivity index (χ4n) is 2.60. The first-order valence-electron chi connectivity index (χ1n) is 9.26. The molecule has 2 N–H and O–H groups in total. The Morgan fingerprint density at radius 1 is 1.18 bits per heavy atom. The smallest absolute Gasteiger partial charge is 0.227 e. The molecule has 2 rings (SSSR count). The zero-order chi connectivity index (χ0) is 19.6. The van der Waals surface area contributed by atoms with Crippen LogP contribution in [0.2, 0.25) is 0 Å². The molecule has 0 aliphatic carbocycles. The van der Waals surface area contributed by atoms with Crippen LogP contribution >= 0.6 is 24.0 Å². The van der Waals surface area contributed by atoms with Gasteiger partial charge in [-0.15, -0.1) is 24.0 Å². The molecule has 0 unspecified atom stereocenters. The Labute approximate surface area is 184 Å². The number of aromatic nitrogens is 1. The van der Waals surface area contributed by atoms with E-state index in [1.54, 1.807) is 12.3 Å². The van der Waals surface area contributed by atoms with Crippen LogP contribution in [-0.2, 0) is 11.3 Å². The second-order valence-corrected chi connectivity index (χ2v) is 6.54. The minimum atomic E-state index is -0.0903. The molecule has 1 aromatic heterocycles. The lowest BCUT2D eigenvalue weighted by Crippen LogP contribution is -2.38. The lowest BCUT2D eigenvalue weighted by Gasteiger charge is -2.23. The molecule has 1 amide bonds. The summed E-state index contributed by atoms with van der Waals surface area (Å²) in [5.41, 5.74) is 3.57. The van der Waals surface area contributed by atoms with Gasteiger partial charge in [0.2, 0.25) is 5.91 Å². The highest BCUT2D eigenvalue weighted by Gasteiger charge is 2.09. The molecule has 7 heteroatoms. The highest BCUT2D eigenvalue weighted by atomic mass is 127. The van der Waals surface area contributed by atoms with Crippen molar-refractivity contribution in [2.75, 3.05) is 25.5 Å². The number of hydrogen-bond donors (Lipinski definition) is 2. The largest absolute Gasteiger partial charge is 0.357 e.